The van der Waals surface area contributed by atoms with E-state index in [1.165, 1.54) is 0 Å². The molecule has 6 nitrogen and oxygen atoms in total. The van der Waals surface area contributed by atoms with Gasteiger partial charge in [0, 0.05) is 35.4 Å². The number of nitrogens with one attached hydrogen (secondary N) is 1. The first-order chi connectivity index (χ1) is 13.3. The fourth-order valence-corrected chi connectivity index (χ4v) is 3.99. The average molecular weight is 400 g/mol. The molecule has 0 unspecified atom stereocenters. The molecule has 142 valence electrons. The van der Waals surface area contributed by atoms with Gasteiger partial charge in [0.25, 0.3) is 10.0 Å². The molecule has 0 radical (unpaired) electrons. The number of aryl methyl sites for hydroxylation is 1. The van der Waals surface area contributed by atoms with Gasteiger partial charge in [-0.1, -0.05) is 12.1 Å². The lowest BCUT2D eigenvalue weighted by Gasteiger charge is -2.10. The molecule has 0 spiro atoms. The van der Waals surface area contributed by atoms with Gasteiger partial charge in [-0.3, -0.25) is 9.12 Å². The molecule has 9 heteroatoms. The normalized spacial score (nSPS) is 11.7. The summed E-state index contributed by atoms with van der Waals surface area (Å²) in [6, 6.07) is 10.5. The summed E-state index contributed by atoms with van der Waals surface area (Å²) >= 11 is 0. The molecule has 0 saturated heterocycles. The third-order valence-corrected chi connectivity index (χ3v) is 5.54. The fourth-order valence-electron chi connectivity index (χ4n) is 2.90. The number of rotatable bonds is 4. The number of hydrogen-bond donors (Lipinski definition) is 1. The number of hydrogen-bond acceptors (Lipinski definition) is 4. The molecule has 2 aromatic carbocycles. The van der Waals surface area contributed by atoms with E-state index in [9.17, 15) is 17.2 Å². The molecule has 2 heterocycles. The van der Waals surface area contributed by atoms with Gasteiger partial charge in [-0.25, -0.2) is 27.2 Å². The number of benzene rings is 2. The van der Waals surface area contributed by atoms with Crippen LogP contribution in [0.5, 0.6) is 0 Å². The zero-order chi connectivity index (χ0) is 19.9. The summed E-state index contributed by atoms with van der Waals surface area (Å²) in [7, 11) is -4.16. The molecule has 0 atom stereocenters. The van der Waals surface area contributed by atoms with Gasteiger partial charge >= 0.3 is 0 Å². The zero-order valence-corrected chi connectivity index (χ0v) is 15.4. The van der Waals surface area contributed by atoms with Crippen molar-refractivity contribution in [3.05, 3.63) is 78.3 Å². The van der Waals surface area contributed by atoms with Gasteiger partial charge < -0.3 is 0 Å². The molecule has 1 N–H and O–H groups in total. The highest BCUT2D eigenvalue weighted by atomic mass is 32.2. The van der Waals surface area contributed by atoms with Crippen molar-refractivity contribution in [2.45, 2.75) is 11.8 Å². The lowest BCUT2D eigenvalue weighted by Crippen LogP contribution is -2.13. The largest absolute Gasteiger partial charge is 0.288 e. The second-order valence-electron chi connectivity index (χ2n) is 6.13. The van der Waals surface area contributed by atoms with E-state index >= 15 is 0 Å². The standard InChI is InChI=1S/C19H14F2N4O2S/c1-12-18(23-19-22-6-3-7-25(12)19)13-4-2-5-16(8-13)24-28(26,27)17-10-14(20)9-15(21)11-17/h2-11,24H,1H3. The van der Waals surface area contributed by atoms with Crippen LogP contribution in [0.25, 0.3) is 17.0 Å². The summed E-state index contributed by atoms with van der Waals surface area (Å²) in [6.07, 6.45) is 3.47. The highest BCUT2D eigenvalue weighted by Crippen LogP contribution is 2.27. The third kappa shape index (κ3) is 3.31. The van der Waals surface area contributed by atoms with E-state index in [0.717, 1.165) is 17.8 Å². The van der Waals surface area contributed by atoms with E-state index in [2.05, 4.69) is 14.7 Å². The molecule has 0 amide bonds. The summed E-state index contributed by atoms with van der Waals surface area (Å²) in [5.74, 6) is -1.42. The maximum Gasteiger partial charge on any atom is 0.262 e. The number of halogens is 2. The van der Waals surface area contributed by atoms with Gasteiger partial charge in [-0.2, -0.15) is 0 Å². The van der Waals surface area contributed by atoms with Crippen LogP contribution in [0.15, 0.2) is 65.8 Å². The molecule has 4 aromatic rings. The lowest BCUT2D eigenvalue weighted by atomic mass is 10.1. The summed E-state index contributed by atoms with van der Waals surface area (Å²) in [5.41, 5.74) is 2.41. The Balaban J connectivity index is 1.71. The van der Waals surface area contributed by atoms with Crippen molar-refractivity contribution in [1.82, 2.24) is 14.4 Å². The van der Waals surface area contributed by atoms with Crippen molar-refractivity contribution in [3.8, 4) is 11.3 Å². The smallest absolute Gasteiger partial charge is 0.262 e. The minimum atomic E-state index is -4.16. The Morgan fingerprint density at radius 1 is 1.04 bits per heavy atom. The van der Waals surface area contributed by atoms with Gasteiger partial charge in [0.15, 0.2) is 0 Å². The van der Waals surface area contributed by atoms with Crippen molar-refractivity contribution in [3.63, 3.8) is 0 Å². The van der Waals surface area contributed by atoms with Crippen LogP contribution in [0, 0.1) is 18.6 Å². The first kappa shape index (κ1) is 18.1. The number of imidazole rings is 1. The Kier molecular flexibility index (Phi) is 4.31. The second kappa shape index (κ2) is 6.68. The predicted molar refractivity (Wildman–Crippen MR) is 100 cm³/mol. The Morgan fingerprint density at radius 3 is 2.50 bits per heavy atom. The Labute approximate surface area is 159 Å². The summed E-state index contributed by atoms with van der Waals surface area (Å²) in [5, 5.41) is 0. The van der Waals surface area contributed by atoms with Crippen LogP contribution in [0.1, 0.15) is 5.69 Å². The Bertz CT molecular complexity index is 1280. The predicted octanol–water partition coefficient (Wildman–Crippen LogP) is 3.78. The van der Waals surface area contributed by atoms with Gasteiger partial charge in [0.2, 0.25) is 5.78 Å². The number of aromatic nitrogens is 3. The molecule has 0 aliphatic carbocycles. The highest BCUT2D eigenvalue weighted by Gasteiger charge is 2.18. The number of fused-ring (bicyclic) bond motifs is 1. The van der Waals surface area contributed by atoms with Crippen LogP contribution in [0.3, 0.4) is 0 Å². The topological polar surface area (TPSA) is 76.4 Å². The van der Waals surface area contributed by atoms with Crippen LogP contribution >= 0.6 is 0 Å². The summed E-state index contributed by atoms with van der Waals surface area (Å²) in [4.78, 5) is 8.18. The molecule has 0 fully saturated rings. The molecule has 0 aliphatic rings. The maximum atomic E-state index is 13.4. The van der Waals surface area contributed by atoms with Crippen LogP contribution in [-0.2, 0) is 10.0 Å². The van der Waals surface area contributed by atoms with E-state index in [0.29, 0.717) is 23.1 Å². The molecule has 4 rings (SSSR count). The minimum Gasteiger partial charge on any atom is -0.288 e. The van der Waals surface area contributed by atoms with Crippen molar-refractivity contribution < 1.29 is 17.2 Å². The van der Waals surface area contributed by atoms with Gasteiger partial charge in [0.05, 0.1) is 10.6 Å². The van der Waals surface area contributed by atoms with Gasteiger partial charge in [-0.15, -0.1) is 0 Å². The summed E-state index contributed by atoms with van der Waals surface area (Å²) < 4.78 is 55.9. The number of sulfonamides is 1. The van der Waals surface area contributed by atoms with E-state index in [4.69, 9.17) is 0 Å². The van der Waals surface area contributed by atoms with Crippen molar-refractivity contribution in [2.75, 3.05) is 4.72 Å². The highest BCUT2D eigenvalue weighted by molar-refractivity contribution is 7.92. The maximum absolute atomic E-state index is 13.4. The molecular formula is C19H14F2N4O2S. The van der Waals surface area contributed by atoms with E-state index in [1.807, 2.05) is 17.5 Å². The SMILES string of the molecule is Cc1c(-c2cccc(NS(=O)(=O)c3cc(F)cc(F)c3)c2)nc2ncccn12. The van der Waals surface area contributed by atoms with Crippen LogP contribution in [-0.4, -0.2) is 22.8 Å². The Morgan fingerprint density at radius 2 is 1.79 bits per heavy atom. The minimum absolute atomic E-state index is 0.242. The number of anilines is 1. The summed E-state index contributed by atoms with van der Waals surface area (Å²) in [6.45, 7) is 1.88. The molecule has 0 aliphatic heterocycles. The molecule has 2 aromatic heterocycles. The van der Waals surface area contributed by atoms with E-state index in [1.54, 1.807) is 36.5 Å². The molecule has 28 heavy (non-hydrogen) atoms. The number of nitrogens with zero attached hydrogens (tertiary/aromatic N) is 3. The monoisotopic (exact) mass is 400 g/mol. The zero-order valence-electron chi connectivity index (χ0n) is 14.6. The fraction of sp³-hybridized carbons (Fsp3) is 0.0526. The first-order valence-electron chi connectivity index (χ1n) is 8.22. The quantitative estimate of drug-likeness (QED) is 0.566. The molecule has 0 saturated carbocycles. The van der Waals surface area contributed by atoms with E-state index < -0.39 is 26.6 Å². The first-order valence-corrected chi connectivity index (χ1v) is 9.71. The van der Waals surface area contributed by atoms with Crippen LogP contribution in [0.4, 0.5) is 14.5 Å². The average Bonchev–Trinajstić information content (AvgIpc) is 2.98. The second-order valence-corrected chi connectivity index (χ2v) is 7.81. The van der Waals surface area contributed by atoms with Gasteiger partial charge in [0.1, 0.15) is 11.6 Å². The lowest BCUT2D eigenvalue weighted by molar-refractivity contribution is 0.568. The van der Waals surface area contributed by atoms with Gasteiger partial charge in [-0.05, 0) is 37.3 Å². The Hall–Kier alpha value is -3.33. The molecular weight excluding hydrogens is 386 g/mol. The van der Waals surface area contributed by atoms with Crippen LogP contribution in [0.2, 0.25) is 0 Å². The van der Waals surface area contributed by atoms with Crippen molar-refractivity contribution in [1.29, 1.82) is 0 Å². The van der Waals surface area contributed by atoms with Crippen molar-refractivity contribution >= 4 is 21.5 Å². The van der Waals surface area contributed by atoms with Crippen molar-refractivity contribution in [2.24, 2.45) is 0 Å². The third-order valence-electron chi connectivity index (χ3n) is 4.18. The van der Waals surface area contributed by atoms with E-state index in [-0.39, 0.29) is 5.69 Å². The molecule has 0 bridgehead atoms. The van der Waals surface area contributed by atoms with Crippen LogP contribution < -0.4 is 4.72 Å².